The van der Waals surface area contributed by atoms with Gasteiger partial charge in [-0.3, -0.25) is 14.4 Å². The van der Waals surface area contributed by atoms with Crippen molar-refractivity contribution in [2.75, 3.05) is 6.54 Å². The third-order valence-corrected chi connectivity index (χ3v) is 10.6. The average molecular weight is 683 g/mol. The lowest BCUT2D eigenvalue weighted by atomic mass is 9.84. The lowest BCUT2D eigenvalue weighted by molar-refractivity contribution is -0.145. The summed E-state index contributed by atoms with van der Waals surface area (Å²) < 4.78 is 5.63. The van der Waals surface area contributed by atoms with Gasteiger partial charge < -0.3 is 30.2 Å². The van der Waals surface area contributed by atoms with E-state index in [2.05, 4.69) is 15.8 Å². The van der Waals surface area contributed by atoms with E-state index in [-0.39, 0.29) is 37.2 Å². The highest BCUT2D eigenvalue weighted by molar-refractivity contribution is 6.29. The highest BCUT2D eigenvalue weighted by Gasteiger charge is 2.61. The Labute approximate surface area is 290 Å². The van der Waals surface area contributed by atoms with Crippen molar-refractivity contribution in [3.05, 3.63) is 82.9 Å². The van der Waals surface area contributed by atoms with Gasteiger partial charge in [0.2, 0.25) is 11.8 Å². The summed E-state index contributed by atoms with van der Waals surface area (Å²) in [7, 11) is 0. The molecule has 5 atom stereocenters. The molecule has 2 aromatic rings. The quantitative estimate of drug-likeness (QED) is 0.262. The third-order valence-electron chi connectivity index (χ3n) is 10.6. The minimum absolute atomic E-state index is 0.0187. The summed E-state index contributed by atoms with van der Waals surface area (Å²) in [4.78, 5) is 74.4. The predicted molar refractivity (Wildman–Crippen MR) is 181 cm³/mol. The average Bonchev–Trinajstić information content (AvgIpc) is 3.39. The number of ether oxygens (including phenoxy) is 1. The topological polar surface area (TPSA) is 164 Å². The molecule has 3 fully saturated rings. The van der Waals surface area contributed by atoms with E-state index in [1.54, 1.807) is 36.4 Å². The summed E-state index contributed by atoms with van der Waals surface area (Å²) in [5, 5.41) is 20.2. The first-order valence-electron chi connectivity index (χ1n) is 17.7. The first kappa shape index (κ1) is 33.5. The molecule has 50 heavy (non-hydrogen) atoms. The van der Waals surface area contributed by atoms with Gasteiger partial charge in [0.05, 0.1) is 6.54 Å². The van der Waals surface area contributed by atoms with E-state index in [4.69, 9.17) is 9.57 Å². The van der Waals surface area contributed by atoms with E-state index in [1.807, 2.05) is 24.3 Å². The first-order valence-corrected chi connectivity index (χ1v) is 17.7. The molecule has 5 aliphatic rings. The van der Waals surface area contributed by atoms with Crippen molar-refractivity contribution < 1.29 is 38.7 Å². The fourth-order valence-electron chi connectivity index (χ4n) is 7.76. The molecule has 0 spiro atoms. The minimum Gasteiger partial charge on any atom is -0.479 e. The molecule has 262 valence electrons. The molecular weight excluding hydrogens is 640 g/mol. The zero-order valence-electron chi connectivity index (χ0n) is 27.8. The molecule has 7 rings (SSSR count). The van der Waals surface area contributed by atoms with Crippen LogP contribution in [0.1, 0.15) is 97.7 Å². The van der Waals surface area contributed by atoms with Gasteiger partial charge in [-0.25, -0.2) is 9.59 Å². The van der Waals surface area contributed by atoms with E-state index in [0.29, 0.717) is 40.8 Å². The number of allylic oxidation sites excluding steroid dienone is 1. The van der Waals surface area contributed by atoms with Gasteiger partial charge >= 0.3 is 12.1 Å². The Bertz CT molecular complexity index is 1700. The number of carboxylic acids is 1. The maximum absolute atomic E-state index is 14.3. The lowest BCUT2D eigenvalue weighted by Crippen LogP contribution is -2.56. The second kappa shape index (κ2) is 14.1. The number of carboxylic acid groups (broad SMARTS) is 1. The van der Waals surface area contributed by atoms with Crippen molar-refractivity contribution in [3.8, 4) is 0 Å². The number of benzene rings is 2. The van der Waals surface area contributed by atoms with E-state index >= 15 is 0 Å². The van der Waals surface area contributed by atoms with Gasteiger partial charge in [0.15, 0.2) is 5.78 Å². The number of alkyl carbamates (subject to hydrolysis) is 1. The maximum Gasteiger partial charge on any atom is 0.408 e. The third kappa shape index (κ3) is 6.63. The molecule has 2 aliphatic heterocycles. The number of nitrogens with zero attached hydrogens (tertiary/aromatic N) is 2. The number of oxime groups is 1. The van der Waals surface area contributed by atoms with Crippen LogP contribution in [-0.2, 0) is 24.0 Å². The van der Waals surface area contributed by atoms with Crippen molar-refractivity contribution in [1.29, 1.82) is 0 Å². The van der Waals surface area contributed by atoms with Crippen molar-refractivity contribution in [3.63, 3.8) is 0 Å². The highest BCUT2D eigenvalue weighted by Crippen LogP contribution is 2.45. The van der Waals surface area contributed by atoms with Crippen molar-refractivity contribution >= 4 is 35.4 Å². The molecule has 0 radical (unpaired) electrons. The highest BCUT2D eigenvalue weighted by atomic mass is 16.6. The number of nitrogens with one attached hydrogen (secondary N) is 2. The maximum atomic E-state index is 14.3. The molecule has 0 unspecified atom stereocenters. The van der Waals surface area contributed by atoms with Crippen LogP contribution in [0.4, 0.5) is 4.79 Å². The Hall–Kier alpha value is -5.00. The fourth-order valence-corrected chi connectivity index (χ4v) is 7.76. The van der Waals surface area contributed by atoms with Gasteiger partial charge in [0.1, 0.15) is 35.5 Å². The summed E-state index contributed by atoms with van der Waals surface area (Å²) in [5.74, 6) is -2.66. The largest absolute Gasteiger partial charge is 0.479 e. The number of carbonyl (C=O) groups is 5. The van der Waals surface area contributed by atoms with Crippen molar-refractivity contribution in [1.82, 2.24) is 15.5 Å². The predicted octanol–water partition coefficient (Wildman–Crippen LogP) is 4.49. The Morgan fingerprint density at radius 3 is 2.22 bits per heavy atom. The number of amides is 3. The van der Waals surface area contributed by atoms with Crippen LogP contribution in [0.2, 0.25) is 0 Å². The van der Waals surface area contributed by atoms with Crippen LogP contribution in [0, 0.1) is 5.92 Å². The zero-order valence-corrected chi connectivity index (χ0v) is 27.8. The smallest absolute Gasteiger partial charge is 0.408 e. The zero-order chi connectivity index (χ0) is 34.8. The van der Waals surface area contributed by atoms with E-state index in [9.17, 15) is 29.1 Å². The van der Waals surface area contributed by atoms with Crippen LogP contribution in [0.25, 0.3) is 0 Å². The van der Waals surface area contributed by atoms with Crippen LogP contribution < -0.4 is 10.6 Å². The normalized spacial score (nSPS) is 28.8. The summed E-state index contributed by atoms with van der Waals surface area (Å²) in [6, 6.07) is 12.3. The Balaban J connectivity index is 1.17. The molecule has 2 saturated carbocycles. The molecule has 3 amide bonds. The number of fused-ring (bicyclic) bond motifs is 4. The molecular formula is C38H42N4O8. The standard InChI is InChI=1S/C38H42N4O8/c43-33-28-17-10-8-15-26(28)32(27-16-9-11-18-29(27)33)41-50-25-20-31-34(44)40-38(36(46)47)21-23(38)12-4-2-1-3-5-19-30(35(45)42(31)22-25)39-37(48)49-24-13-6-7-14-24/h4,8-12,15-18,23-25,30-31H,1-3,5-7,13-14,19-22H2,(H,39,48)(H,40,44)(H,46,47)/b12-4-/t23-,25-,30+,31+,38+/m1/s1. The fraction of sp³-hybridized carbons (Fsp3) is 0.474. The Morgan fingerprint density at radius 1 is 0.880 bits per heavy atom. The Morgan fingerprint density at radius 2 is 1.54 bits per heavy atom. The van der Waals surface area contributed by atoms with Crippen molar-refractivity contribution in [2.24, 2.45) is 11.1 Å². The van der Waals surface area contributed by atoms with Crippen LogP contribution in [0.15, 0.2) is 65.8 Å². The second-order valence-electron chi connectivity index (χ2n) is 14.0. The molecule has 1 saturated heterocycles. The van der Waals surface area contributed by atoms with Crippen LogP contribution in [0.5, 0.6) is 0 Å². The van der Waals surface area contributed by atoms with Gasteiger partial charge in [-0.1, -0.05) is 78.7 Å². The number of hydrogen-bond acceptors (Lipinski definition) is 8. The minimum atomic E-state index is -1.45. The number of carbonyl (C=O) groups excluding carboxylic acids is 4. The molecule has 12 nitrogen and oxygen atoms in total. The monoisotopic (exact) mass is 682 g/mol. The number of rotatable bonds is 5. The van der Waals surface area contributed by atoms with Gasteiger partial charge in [0.25, 0.3) is 0 Å². The molecule has 3 aliphatic carbocycles. The van der Waals surface area contributed by atoms with E-state index in [0.717, 1.165) is 44.9 Å². The lowest BCUT2D eigenvalue weighted by Gasteiger charge is -2.29. The molecule has 0 aromatic heterocycles. The molecule has 12 heteroatoms. The van der Waals surface area contributed by atoms with Crippen molar-refractivity contribution in [2.45, 2.75) is 100 Å². The van der Waals surface area contributed by atoms with E-state index in [1.165, 1.54) is 4.90 Å². The summed E-state index contributed by atoms with van der Waals surface area (Å²) in [6.45, 7) is -0.0187. The summed E-state index contributed by atoms with van der Waals surface area (Å²) >= 11 is 0. The van der Waals surface area contributed by atoms with Gasteiger partial charge in [-0.2, -0.15) is 0 Å². The number of hydrogen-bond donors (Lipinski definition) is 3. The molecule has 3 N–H and O–H groups in total. The van der Waals surface area contributed by atoms with Gasteiger partial charge in [-0.05, 0) is 51.4 Å². The van der Waals surface area contributed by atoms with Gasteiger partial charge in [-0.15, -0.1) is 0 Å². The second-order valence-corrected chi connectivity index (χ2v) is 14.0. The van der Waals surface area contributed by atoms with Crippen LogP contribution >= 0.6 is 0 Å². The number of aliphatic carboxylic acids is 1. The molecule has 2 heterocycles. The summed E-state index contributed by atoms with van der Waals surface area (Å²) in [5.41, 5.74) is 1.22. The molecule has 0 bridgehead atoms. The number of ketones is 1. The Kier molecular flexibility index (Phi) is 9.44. The van der Waals surface area contributed by atoms with Crippen LogP contribution in [-0.4, -0.2) is 81.8 Å². The molecule has 2 aromatic carbocycles. The van der Waals surface area contributed by atoms with E-state index < -0.39 is 47.6 Å². The van der Waals surface area contributed by atoms with Gasteiger partial charge in [0, 0.05) is 34.6 Å². The SMILES string of the molecule is O=C(N[C@H]1CCCCC/C=C\[C@@H]2C[C@]2(C(=O)O)NC(=O)[C@@H]2C[C@@H](ON=C3c4ccccc4C(=O)c4ccccc43)CN2C1=O)OC1CCCC1. The summed E-state index contributed by atoms with van der Waals surface area (Å²) in [6.07, 6.45) is 9.47. The first-order chi connectivity index (χ1) is 24.2. The van der Waals surface area contributed by atoms with Crippen LogP contribution in [0.3, 0.4) is 0 Å².